The predicted octanol–water partition coefficient (Wildman–Crippen LogP) is 5.05. The summed E-state index contributed by atoms with van der Waals surface area (Å²) in [4.78, 5) is 17.0. The second-order valence-electron chi connectivity index (χ2n) is 11.7. The number of hydrogen-bond acceptors (Lipinski definition) is 10. The number of hydrogen-bond donors (Lipinski definition) is 3. The van der Waals surface area contributed by atoms with Gasteiger partial charge in [-0.25, -0.2) is 9.97 Å². The monoisotopic (exact) mass is 574 g/mol. The van der Waals surface area contributed by atoms with Crippen LogP contribution in [0, 0.1) is 12.8 Å². The van der Waals surface area contributed by atoms with E-state index >= 15 is 0 Å². The first-order chi connectivity index (χ1) is 19.7. The van der Waals surface area contributed by atoms with Gasteiger partial charge < -0.3 is 30.1 Å². The Bertz CT molecular complexity index is 1510. The van der Waals surface area contributed by atoms with E-state index in [1.807, 2.05) is 39.0 Å². The molecule has 9 nitrogen and oxygen atoms in total. The standard InChI is InChI=1S/C31H38N6O3S/c1-18-25(29-35-22-11-6-7-12-24(22)41-29)28(34-23-14-21(17-38)26-27(23)40-31(2,3)39-26)36-30(33-18)32-15-19-9-8-10-20(13-19)16-37(4)5/h6-13,21,23,26-27,38H,14-17H2,1-5H3,(H2,32,33,34,36)/t21-,23-,26-,27+/m1/s1. The van der Waals surface area contributed by atoms with Gasteiger partial charge in [0.2, 0.25) is 5.95 Å². The Kier molecular flexibility index (Phi) is 7.69. The summed E-state index contributed by atoms with van der Waals surface area (Å²) in [5.74, 6) is 0.537. The van der Waals surface area contributed by atoms with Crippen LogP contribution in [-0.2, 0) is 22.6 Å². The van der Waals surface area contributed by atoms with E-state index in [2.05, 4.69) is 60.0 Å². The number of benzene rings is 2. The van der Waals surface area contributed by atoms with Gasteiger partial charge in [0.15, 0.2) is 5.79 Å². The number of aromatic nitrogens is 3. The summed E-state index contributed by atoms with van der Waals surface area (Å²) in [6, 6.07) is 16.6. The third-order valence-electron chi connectivity index (χ3n) is 7.68. The number of aliphatic hydroxyl groups is 1. The van der Waals surface area contributed by atoms with E-state index in [9.17, 15) is 5.11 Å². The largest absolute Gasteiger partial charge is 0.396 e. The molecule has 0 spiro atoms. The number of fused-ring (bicyclic) bond motifs is 2. The molecule has 4 atom stereocenters. The second kappa shape index (κ2) is 11.3. The van der Waals surface area contributed by atoms with Crippen LogP contribution in [0.4, 0.5) is 11.8 Å². The maximum absolute atomic E-state index is 10.1. The van der Waals surface area contributed by atoms with Gasteiger partial charge in [0, 0.05) is 25.6 Å². The van der Waals surface area contributed by atoms with Crippen molar-refractivity contribution in [1.82, 2.24) is 19.9 Å². The second-order valence-corrected chi connectivity index (χ2v) is 12.8. The normalized spacial score (nSPS) is 23.3. The molecule has 2 fully saturated rings. The molecule has 0 bridgehead atoms. The summed E-state index contributed by atoms with van der Waals surface area (Å²) in [6.45, 7) is 7.39. The van der Waals surface area contributed by atoms with Gasteiger partial charge in [-0.05, 0) is 64.5 Å². The lowest BCUT2D eigenvalue weighted by Crippen LogP contribution is -2.35. The van der Waals surface area contributed by atoms with Gasteiger partial charge in [-0.15, -0.1) is 11.3 Å². The fourth-order valence-corrected chi connectivity index (χ4v) is 7.02. The van der Waals surface area contributed by atoms with Crippen molar-refractivity contribution in [2.24, 2.45) is 5.92 Å². The minimum atomic E-state index is -0.700. The Morgan fingerprint density at radius 2 is 1.80 bits per heavy atom. The third kappa shape index (κ3) is 5.93. The van der Waals surface area contributed by atoms with Gasteiger partial charge in [0.1, 0.15) is 16.9 Å². The van der Waals surface area contributed by atoms with Gasteiger partial charge in [0.05, 0.1) is 33.6 Å². The molecule has 10 heteroatoms. The van der Waals surface area contributed by atoms with Crippen LogP contribution in [0.1, 0.15) is 37.1 Å². The van der Waals surface area contributed by atoms with Crippen molar-refractivity contribution in [2.75, 3.05) is 31.3 Å². The van der Waals surface area contributed by atoms with Gasteiger partial charge in [-0.1, -0.05) is 36.4 Å². The SMILES string of the molecule is Cc1nc(NCc2cccc(CN(C)C)c2)nc(N[C@@H]2C[C@H](CO)[C@H]3OC(C)(C)O[C@H]32)c1-c1nc2ccccc2s1. The minimum absolute atomic E-state index is 0.0138. The van der Waals surface area contributed by atoms with Crippen LogP contribution in [0.2, 0.25) is 0 Å². The highest BCUT2D eigenvalue weighted by molar-refractivity contribution is 7.21. The van der Waals surface area contributed by atoms with Crippen molar-refractivity contribution in [3.05, 3.63) is 65.4 Å². The van der Waals surface area contributed by atoms with Gasteiger partial charge >= 0.3 is 0 Å². The molecule has 6 rings (SSSR count). The Morgan fingerprint density at radius 3 is 2.59 bits per heavy atom. The number of thiazole rings is 1. The van der Waals surface area contributed by atoms with E-state index in [-0.39, 0.29) is 30.8 Å². The number of para-hydroxylation sites is 1. The molecule has 1 aliphatic carbocycles. The van der Waals surface area contributed by atoms with E-state index in [0.717, 1.165) is 33.0 Å². The number of ether oxygens (including phenoxy) is 2. The van der Waals surface area contributed by atoms with Crippen LogP contribution in [-0.4, -0.2) is 69.7 Å². The van der Waals surface area contributed by atoms with E-state index in [0.29, 0.717) is 24.7 Å². The highest BCUT2D eigenvalue weighted by Gasteiger charge is 2.54. The first-order valence-corrected chi connectivity index (χ1v) is 14.9. The number of nitrogens with one attached hydrogen (secondary N) is 2. The molecule has 2 aromatic carbocycles. The molecule has 41 heavy (non-hydrogen) atoms. The Morgan fingerprint density at radius 1 is 1.02 bits per heavy atom. The zero-order valence-corrected chi connectivity index (χ0v) is 25.0. The zero-order chi connectivity index (χ0) is 28.7. The first-order valence-electron chi connectivity index (χ1n) is 14.1. The Balaban J connectivity index is 1.33. The average molecular weight is 575 g/mol. The highest BCUT2D eigenvalue weighted by Crippen LogP contribution is 2.44. The lowest BCUT2D eigenvalue weighted by Gasteiger charge is -2.25. The molecule has 1 saturated heterocycles. The third-order valence-corrected chi connectivity index (χ3v) is 8.73. The average Bonchev–Trinajstić information content (AvgIpc) is 3.58. The fraction of sp³-hybridized carbons (Fsp3) is 0.452. The number of rotatable bonds is 9. The summed E-state index contributed by atoms with van der Waals surface area (Å²) in [5.41, 5.74) is 5.09. The minimum Gasteiger partial charge on any atom is -0.396 e. The Hall–Kier alpha value is -3.15. The molecule has 0 radical (unpaired) electrons. The van der Waals surface area contributed by atoms with Gasteiger partial charge in [-0.3, -0.25) is 0 Å². The number of nitrogens with zero attached hydrogens (tertiary/aromatic N) is 4. The first kappa shape index (κ1) is 28.0. The van der Waals surface area contributed by atoms with Crippen molar-refractivity contribution >= 4 is 33.3 Å². The Labute approximate surface area is 245 Å². The van der Waals surface area contributed by atoms with Crippen LogP contribution in [0.5, 0.6) is 0 Å². The van der Waals surface area contributed by atoms with Crippen LogP contribution >= 0.6 is 11.3 Å². The van der Waals surface area contributed by atoms with Crippen molar-refractivity contribution in [1.29, 1.82) is 0 Å². The van der Waals surface area contributed by atoms with E-state index in [1.165, 1.54) is 11.1 Å². The molecule has 1 aliphatic heterocycles. The smallest absolute Gasteiger partial charge is 0.225 e. The number of aryl methyl sites for hydroxylation is 1. The van der Waals surface area contributed by atoms with Crippen molar-refractivity contribution in [3.63, 3.8) is 0 Å². The molecule has 4 aromatic rings. The number of anilines is 2. The van der Waals surface area contributed by atoms with Crippen LogP contribution < -0.4 is 10.6 Å². The van der Waals surface area contributed by atoms with Crippen molar-refractivity contribution < 1.29 is 14.6 Å². The highest BCUT2D eigenvalue weighted by atomic mass is 32.1. The van der Waals surface area contributed by atoms with Gasteiger partial charge in [-0.2, -0.15) is 4.98 Å². The molecule has 1 saturated carbocycles. The molecule has 2 aromatic heterocycles. The van der Waals surface area contributed by atoms with Crippen LogP contribution in [0.25, 0.3) is 20.8 Å². The molecule has 0 amide bonds. The predicted molar refractivity (Wildman–Crippen MR) is 163 cm³/mol. The molecule has 3 N–H and O–H groups in total. The molecule has 2 aliphatic rings. The van der Waals surface area contributed by atoms with Gasteiger partial charge in [0.25, 0.3) is 0 Å². The summed E-state index contributed by atoms with van der Waals surface area (Å²) in [7, 11) is 4.14. The van der Waals surface area contributed by atoms with Crippen molar-refractivity contribution in [2.45, 2.75) is 64.3 Å². The number of aliphatic hydroxyl groups excluding tert-OH is 1. The molecular formula is C31H38N6O3S. The molecule has 3 heterocycles. The fourth-order valence-electron chi connectivity index (χ4n) is 5.96. The maximum Gasteiger partial charge on any atom is 0.225 e. The summed E-state index contributed by atoms with van der Waals surface area (Å²) >= 11 is 1.63. The molecule has 216 valence electrons. The quantitative estimate of drug-likeness (QED) is 0.253. The van der Waals surface area contributed by atoms with Crippen molar-refractivity contribution in [3.8, 4) is 10.6 Å². The summed E-state index contributed by atoms with van der Waals surface area (Å²) in [6.07, 6.45) is 0.343. The van der Waals surface area contributed by atoms with E-state index < -0.39 is 5.79 Å². The zero-order valence-electron chi connectivity index (χ0n) is 24.2. The lowest BCUT2D eigenvalue weighted by molar-refractivity contribution is -0.158. The summed E-state index contributed by atoms with van der Waals surface area (Å²) in [5, 5.41) is 18.1. The van der Waals surface area contributed by atoms with E-state index in [1.54, 1.807) is 11.3 Å². The van der Waals surface area contributed by atoms with Crippen LogP contribution in [0.15, 0.2) is 48.5 Å². The van der Waals surface area contributed by atoms with E-state index in [4.69, 9.17) is 24.4 Å². The maximum atomic E-state index is 10.1. The molecule has 0 unspecified atom stereocenters. The van der Waals surface area contributed by atoms with Crippen LogP contribution in [0.3, 0.4) is 0 Å². The lowest BCUT2D eigenvalue weighted by atomic mass is 10.1. The molecular weight excluding hydrogens is 536 g/mol. The summed E-state index contributed by atoms with van der Waals surface area (Å²) < 4.78 is 13.6. The topological polar surface area (TPSA) is 105 Å².